The highest BCUT2D eigenvalue weighted by Crippen LogP contribution is 2.35. The minimum atomic E-state index is -0.552. The van der Waals surface area contributed by atoms with Gasteiger partial charge in [-0.1, -0.05) is 18.2 Å². The Balaban J connectivity index is 2.41. The largest absolute Gasteiger partial charge is 0.384 e. The summed E-state index contributed by atoms with van der Waals surface area (Å²) in [5, 5.41) is 14.3. The molecule has 0 saturated carbocycles. The van der Waals surface area contributed by atoms with Crippen molar-refractivity contribution in [3.63, 3.8) is 0 Å². The van der Waals surface area contributed by atoms with Gasteiger partial charge in [-0.05, 0) is 39.2 Å². The highest BCUT2D eigenvalue weighted by molar-refractivity contribution is 9.10. The van der Waals surface area contributed by atoms with Gasteiger partial charge in [-0.25, -0.2) is 0 Å². The number of aliphatic hydroxyl groups excluding tert-OH is 1. The molecule has 0 aliphatic heterocycles. The highest BCUT2D eigenvalue weighted by Gasteiger charge is 2.16. The molecule has 4 heteroatoms. The Morgan fingerprint density at radius 3 is 2.62 bits per heavy atom. The van der Waals surface area contributed by atoms with Crippen LogP contribution in [-0.4, -0.2) is 11.4 Å². The Morgan fingerprint density at radius 1 is 1.25 bits per heavy atom. The van der Waals surface area contributed by atoms with E-state index in [1.165, 1.54) is 0 Å². The molecule has 0 spiro atoms. The summed E-state index contributed by atoms with van der Waals surface area (Å²) in [6.45, 7) is 0. The maximum Gasteiger partial charge on any atom is 0.107 e. The molecule has 1 aromatic carbocycles. The lowest BCUT2D eigenvalue weighted by Crippen LogP contribution is -2.00. The van der Waals surface area contributed by atoms with Crippen molar-refractivity contribution < 1.29 is 5.11 Å². The van der Waals surface area contributed by atoms with Crippen molar-refractivity contribution in [1.82, 2.24) is 0 Å². The number of benzene rings is 1. The van der Waals surface area contributed by atoms with E-state index in [1.54, 1.807) is 23.1 Å². The first kappa shape index (κ1) is 12.2. The fourth-order valence-electron chi connectivity index (χ4n) is 1.55. The van der Waals surface area contributed by atoms with Crippen molar-refractivity contribution in [2.24, 2.45) is 0 Å². The van der Waals surface area contributed by atoms with E-state index in [2.05, 4.69) is 15.9 Å². The van der Waals surface area contributed by atoms with Crippen LogP contribution in [0.4, 0.5) is 0 Å². The van der Waals surface area contributed by atoms with Gasteiger partial charge < -0.3 is 5.11 Å². The van der Waals surface area contributed by atoms with Crippen molar-refractivity contribution >= 4 is 39.0 Å². The van der Waals surface area contributed by atoms with E-state index in [1.807, 2.05) is 41.3 Å². The Hall–Kier alpha value is -0.290. The zero-order chi connectivity index (χ0) is 11.5. The summed E-state index contributed by atoms with van der Waals surface area (Å²) in [5.41, 5.74) is 1.90. The van der Waals surface area contributed by atoms with Gasteiger partial charge in [0.1, 0.15) is 6.10 Å². The van der Waals surface area contributed by atoms with Crippen LogP contribution < -0.4 is 0 Å². The first-order valence-corrected chi connectivity index (χ1v) is 7.72. The number of rotatable bonds is 3. The molecule has 0 aliphatic rings. The van der Waals surface area contributed by atoms with Gasteiger partial charge in [-0.15, -0.1) is 11.8 Å². The monoisotopic (exact) mass is 314 g/mol. The van der Waals surface area contributed by atoms with Gasteiger partial charge >= 0.3 is 0 Å². The molecular weight excluding hydrogens is 304 g/mol. The predicted molar refractivity (Wildman–Crippen MR) is 74.3 cm³/mol. The molecule has 0 amide bonds. The van der Waals surface area contributed by atoms with Crippen molar-refractivity contribution in [1.29, 1.82) is 0 Å². The smallest absolute Gasteiger partial charge is 0.107 e. The van der Waals surface area contributed by atoms with Crippen LogP contribution in [0.2, 0.25) is 0 Å². The van der Waals surface area contributed by atoms with Gasteiger partial charge in [0, 0.05) is 20.3 Å². The average molecular weight is 315 g/mol. The standard InChI is InChI=1S/C12H11BrOS2/c1-15-11-5-3-2-4-8(11)12(14)9-6-16-7-10(9)13/h2-7,12,14H,1H3. The van der Waals surface area contributed by atoms with E-state index in [0.29, 0.717) is 0 Å². The van der Waals surface area contributed by atoms with E-state index in [-0.39, 0.29) is 0 Å². The maximum absolute atomic E-state index is 10.3. The third-order valence-corrected chi connectivity index (χ3v) is 4.93. The SMILES string of the molecule is CSc1ccccc1C(O)c1cscc1Br. The molecule has 0 aliphatic carbocycles. The number of thiophene rings is 1. The second-order valence-electron chi connectivity index (χ2n) is 3.32. The highest BCUT2D eigenvalue weighted by atomic mass is 79.9. The van der Waals surface area contributed by atoms with Crippen LogP contribution >= 0.6 is 39.0 Å². The molecule has 1 unspecified atom stereocenters. The number of hydrogen-bond acceptors (Lipinski definition) is 3. The van der Waals surface area contributed by atoms with Gasteiger partial charge in [0.15, 0.2) is 0 Å². The molecule has 0 radical (unpaired) electrons. The summed E-state index contributed by atoms with van der Waals surface area (Å²) in [6.07, 6.45) is 1.47. The second-order valence-corrected chi connectivity index (χ2v) is 5.77. The van der Waals surface area contributed by atoms with E-state index >= 15 is 0 Å². The van der Waals surface area contributed by atoms with Crippen LogP contribution in [0.15, 0.2) is 44.4 Å². The second kappa shape index (κ2) is 5.36. The molecular formula is C12H11BrOS2. The number of aliphatic hydroxyl groups is 1. The normalized spacial score (nSPS) is 12.7. The zero-order valence-corrected chi connectivity index (χ0v) is 11.9. The number of hydrogen-bond donors (Lipinski definition) is 1. The molecule has 84 valence electrons. The van der Waals surface area contributed by atoms with Gasteiger partial charge in [0.2, 0.25) is 0 Å². The van der Waals surface area contributed by atoms with Crippen molar-refractivity contribution in [2.45, 2.75) is 11.0 Å². The van der Waals surface area contributed by atoms with Gasteiger partial charge in [-0.3, -0.25) is 0 Å². The Kier molecular flexibility index (Phi) is 4.08. The minimum absolute atomic E-state index is 0.552. The van der Waals surface area contributed by atoms with Gasteiger partial charge in [0.25, 0.3) is 0 Å². The molecule has 1 aromatic heterocycles. The van der Waals surface area contributed by atoms with E-state index in [4.69, 9.17) is 0 Å². The Bertz CT molecular complexity index is 481. The summed E-state index contributed by atoms with van der Waals surface area (Å²) >= 11 is 6.70. The molecule has 1 nitrogen and oxygen atoms in total. The predicted octanol–water partition coefficient (Wildman–Crippen LogP) is 4.31. The molecule has 2 rings (SSSR count). The quantitative estimate of drug-likeness (QED) is 0.852. The first-order valence-electron chi connectivity index (χ1n) is 4.76. The molecule has 2 aromatic rings. The fraction of sp³-hybridized carbons (Fsp3) is 0.167. The third kappa shape index (κ3) is 2.35. The van der Waals surface area contributed by atoms with Crippen molar-refractivity contribution in [3.05, 3.63) is 50.6 Å². The van der Waals surface area contributed by atoms with Crippen molar-refractivity contribution in [3.8, 4) is 0 Å². The summed E-state index contributed by atoms with van der Waals surface area (Å²) < 4.78 is 0.973. The van der Waals surface area contributed by atoms with Gasteiger partial charge in [-0.2, -0.15) is 11.3 Å². The van der Waals surface area contributed by atoms with Crippen LogP contribution in [0.5, 0.6) is 0 Å². The lowest BCUT2D eigenvalue weighted by atomic mass is 10.0. The lowest BCUT2D eigenvalue weighted by Gasteiger charge is -2.13. The van der Waals surface area contributed by atoms with Crippen LogP contribution in [-0.2, 0) is 0 Å². The van der Waals surface area contributed by atoms with E-state index in [0.717, 1.165) is 20.5 Å². The molecule has 0 fully saturated rings. The number of thioether (sulfide) groups is 1. The van der Waals surface area contributed by atoms with Crippen LogP contribution in [0.1, 0.15) is 17.2 Å². The van der Waals surface area contributed by atoms with Crippen LogP contribution in [0, 0.1) is 0 Å². The summed E-state index contributed by atoms with van der Waals surface area (Å²) in [5.74, 6) is 0. The zero-order valence-electron chi connectivity index (χ0n) is 8.68. The molecule has 0 bridgehead atoms. The summed E-state index contributed by atoms with van der Waals surface area (Å²) in [6, 6.07) is 7.95. The number of halogens is 1. The van der Waals surface area contributed by atoms with Crippen LogP contribution in [0.3, 0.4) is 0 Å². The molecule has 1 N–H and O–H groups in total. The fourth-order valence-corrected chi connectivity index (χ4v) is 3.71. The average Bonchev–Trinajstić information content (AvgIpc) is 2.74. The van der Waals surface area contributed by atoms with E-state index in [9.17, 15) is 5.11 Å². The first-order chi connectivity index (χ1) is 7.74. The van der Waals surface area contributed by atoms with Crippen LogP contribution in [0.25, 0.3) is 0 Å². The topological polar surface area (TPSA) is 20.2 Å². The third-order valence-electron chi connectivity index (χ3n) is 2.37. The Labute approximate surface area is 112 Å². The minimum Gasteiger partial charge on any atom is -0.384 e. The van der Waals surface area contributed by atoms with Gasteiger partial charge in [0.05, 0.1) is 0 Å². The molecule has 16 heavy (non-hydrogen) atoms. The maximum atomic E-state index is 10.3. The van der Waals surface area contributed by atoms with E-state index < -0.39 is 6.10 Å². The Morgan fingerprint density at radius 2 is 2.00 bits per heavy atom. The molecule has 1 atom stereocenters. The summed E-state index contributed by atoms with van der Waals surface area (Å²) in [4.78, 5) is 1.12. The van der Waals surface area contributed by atoms with Crippen molar-refractivity contribution in [2.75, 3.05) is 6.26 Å². The summed E-state index contributed by atoms with van der Waals surface area (Å²) in [7, 11) is 0. The molecule has 1 heterocycles. The lowest BCUT2D eigenvalue weighted by molar-refractivity contribution is 0.217. The molecule has 0 saturated heterocycles.